The van der Waals surface area contributed by atoms with Crippen LogP contribution in [-0.2, 0) is 0 Å². The molecule has 0 heterocycles. The van der Waals surface area contributed by atoms with E-state index < -0.39 is 0 Å². The molecule has 21 heavy (non-hydrogen) atoms. The molecule has 4 nitrogen and oxygen atoms in total. The molecule has 0 saturated heterocycles. The Bertz CT molecular complexity index is 422. The third kappa shape index (κ3) is 5.84. The third-order valence-corrected chi connectivity index (χ3v) is 3.40. The monoisotopic (exact) mass is 293 g/mol. The van der Waals surface area contributed by atoms with Crippen LogP contribution in [0.5, 0.6) is 5.75 Å². The zero-order valence-corrected chi connectivity index (χ0v) is 14.3. The van der Waals surface area contributed by atoms with E-state index in [1.165, 1.54) is 0 Å². The van der Waals surface area contributed by atoms with Gasteiger partial charge in [-0.2, -0.15) is 0 Å². The lowest BCUT2D eigenvalue weighted by Crippen LogP contribution is -2.40. The number of rotatable bonds is 8. The van der Waals surface area contributed by atoms with Gasteiger partial charge < -0.3 is 15.8 Å². The maximum Gasteiger partial charge on any atom is 0.144 e. The highest BCUT2D eigenvalue weighted by Crippen LogP contribution is 2.26. The molecule has 0 atom stereocenters. The average molecular weight is 293 g/mol. The summed E-state index contributed by atoms with van der Waals surface area (Å²) in [5.41, 5.74) is 7.66. The second-order valence-electron chi connectivity index (χ2n) is 6.27. The van der Waals surface area contributed by atoms with Gasteiger partial charge in [-0.3, -0.25) is 4.90 Å². The summed E-state index contributed by atoms with van der Waals surface area (Å²) < 4.78 is 5.71. The fourth-order valence-corrected chi connectivity index (χ4v) is 2.44. The van der Waals surface area contributed by atoms with Crippen molar-refractivity contribution in [3.05, 3.63) is 18.2 Å². The first kappa shape index (κ1) is 17.6. The van der Waals surface area contributed by atoms with Gasteiger partial charge in [0.05, 0.1) is 11.8 Å². The summed E-state index contributed by atoms with van der Waals surface area (Å²) in [7, 11) is 0. The van der Waals surface area contributed by atoms with E-state index in [2.05, 4.69) is 37.9 Å². The van der Waals surface area contributed by atoms with Crippen LogP contribution in [0.15, 0.2) is 18.2 Å². The summed E-state index contributed by atoms with van der Waals surface area (Å²) in [6.07, 6.45) is 0.125. The van der Waals surface area contributed by atoms with Crippen molar-refractivity contribution in [2.45, 2.75) is 59.7 Å². The van der Waals surface area contributed by atoms with Crippen molar-refractivity contribution in [3.8, 4) is 5.75 Å². The van der Waals surface area contributed by atoms with E-state index in [9.17, 15) is 0 Å². The van der Waals surface area contributed by atoms with Crippen molar-refractivity contribution in [1.29, 1.82) is 0 Å². The van der Waals surface area contributed by atoms with E-state index in [1.54, 1.807) is 0 Å². The topological polar surface area (TPSA) is 50.5 Å². The molecule has 1 aromatic rings. The number of ether oxygens (including phenoxy) is 1. The van der Waals surface area contributed by atoms with Crippen molar-refractivity contribution in [2.24, 2.45) is 0 Å². The molecule has 0 amide bonds. The average Bonchev–Trinajstić information content (AvgIpc) is 2.36. The smallest absolute Gasteiger partial charge is 0.144 e. The van der Waals surface area contributed by atoms with Gasteiger partial charge in [-0.25, -0.2) is 0 Å². The van der Waals surface area contributed by atoms with Crippen LogP contribution in [0.3, 0.4) is 0 Å². The summed E-state index contributed by atoms with van der Waals surface area (Å²) in [5.74, 6) is 0.750. The molecule has 3 N–H and O–H groups in total. The van der Waals surface area contributed by atoms with Crippen LogP contribution in [0.1, 0.15) is 41.5 Å². The standard InChI is InChI=1S/C17H31N3O/c1-12(2)20(13(3)4)10-9-19-15-7-8-16(18)17(11-15)21-14(5)6/h7-8,11-14,19H,9-10,18H2,1-6H3. The lowest BCUT2D eigenvalue weighted by molar-refractivity contribution is 0.182. The highest BCUT2D eigenvalue weighted by Gasteiger charge is 2.12. The van der Waals surface area contributed by atoms with Gasteiger partial charge in [-0.1, -0.05) is 0 Å². The van der Waals surface area contributed by atoms with Crippen molar-refractivity contribution in [2.75, 3.05) is 24.1 Å². The Morgan fingerprint density at radius 2 is 1.71 bits per heavy atom. The number of benzene rings is 1. The molecule has 0 saturated carbocycles. The van der Waals surface area contributed by atoms with E-state index in [-0.39, 0.29) is 6.10 Å². The Hall–Kier alpha value is -1.42. The minimum atomic E-state index is 0.125. The van der Waals surface area contributed by atoms with Crippen molar-refractivity contribution < 1.29 is 4.74 Å². The summed E-state index contributed by atoms with van der Waals surface area (Å²) in [4.78, 5) is 2.47. The summed E-state index contributed by atoms with van der Waals surface area (Å²) in [6, 6.07) is 6.97. The van der Waals surface area contributed by atoms with E-state index in [1.807, 2.05) is 32.0 Å². The number of hydrogen-bond donors (Lipinski definition) is 2. The minimum Gasteiger partial charge on any atom is -0.489 e. The Labute approximate surface area is 129 Å². The highest BCUT2D eigenvalue weighted by molar-refractivity contribution is 5.61. The molecule has 0 radical (unpaired) electrons. The molecule has 120 valence electrons. The van der Waals surface area contributed by atoms with Gasteiger partial charge in [0.2, 0.25) is 0 Å². The molecule has 4 heteroatoms. The van der Waals surface area contributed by atoms with Crippen molar-refractivity contribution in [1.82, 2.24) is 4.90 Å². The molecular formula is C17H31N3O. The van der Waals surface area contributed by atoms with E-state index in [4.69, 9.17) is 10.5 Å². The second kappa shape index (κ2) is 8.13. The van der Waals surface area contributed by atoms with Gasteiger partial charge in [0, 0.05) is 36.9 Å². The lowest BCUT2D eigenvalue weighted by Gasteiger charge is -2.30. The molecular weight excluding hydrogens is 262 g/mol. The molecule has 0 aliphatic rings. The molecule has 0 fully saturated rings. The zero-order valence-electron chi connectivity index (χ0n) is 14.3. The van der Waals surface area contributed by atoms with Gasteiger partial charge in [0.15, 0.2) is 0 Å². The SMILES string of the molecule is CC(C)Oc1cc(NCCN(C(C)C)C(C)C)ccc1N. The molecule has 0 bridgehead atoms. The Morgan fingerprint density at radius 3 is 2.24 bits per heavy atom. The molecule has 0 spiro atoms. The largest absolute Gasteiger partial charge is 0.489 e. The molecule has 1 rings (SSSR count). The molecule has 0 unspecified atom stereocenters. The fourth-order valence-electron chi connectivity index (χ4n) is 2.44. The van der Waals surface area contributed by atoms with Crippen LogP contribution in [0.4, 0.5) is 11.4 Å². The summed E-state index contributed by atoms with van der Waals surface area (Å²) in [6.45, 7) is 14.9. The van der Waals surface area contributed by atoms with Crippen LogP contribution in [0.25, 0.3) is 0 Å². The predicted molar refractivity (Wildman–Crippen MR) is 92.1 cm³/mol. The normalized spacial score (nSPS) is 11.7. The Balaban J connectivity index is 2.59. The highest BCUT2D eigenvalue weighted by atomic mass is 16.5. The molecule has 0 aliphatic carbocycles. The number of nitrogen functional groups attached to an aromatic ring is 1. The van der Waals surface area contributed by atoms with Crippen molar-refractivity contribution in [3.63, 3.8) is 0 Å². The first-order valence-electron chi connectivity index (χ1n) is 7.87. The number of nitrogens with zero attached hydrogens (tertiary/aromatic N) is 1. The van der Waals surface area contributed by atoms with Gasteiger partial charge in [0.1, 0.15) is 5.75 Å². The number of nitrogens with one attached hydrogen (secondary N) is 1. The zero-order chi connectivity index (χ0) is 16.0. The van der Waals surface area contributed by atoms with Gasteiger partial charge in [0.25, 0.3) is 0 Å². The first-order chi connectivity index (χ1) is 9.81. The number of hydrogen-bond acceptors (Lipinski definition) is 4. The summed E-state index contributed by atoms with van der Waals surface area (Å²) >= 11 is 0. The Morgan fingerprint density at radius 1 is 1.10 bits per heavy atom. The van der Waals surface area contributed by atoms with E-state index >= 15 is 0 Å². The van der Waals surface area contributed by atoms with Crippen LogP contribution in [0, 0.1) is 0 Å². The maximum atomic E-state index is 5.93. The number of nitrogens with two attached hydrogens (primary N) is 1. The van der Waals surface area contributed by atoms with Crippen LogP contribution >= 0.6 is 0 Å². The minimum absolute atomic E-state index is 0.125. The molecule has 1 aromatic carbocycles. The van der Waals surface area contributed by atoms with Crippen LogP contribution in [0.2, 0.25) is 0 Å². The lowest BCUT2D eigenvalue weighted by atomic mass is 10.2. The Kier molecular flexibility index (Phi) is 6.82. The number of anilines is 2. The second-order valence-corrected chi connectivity index (χ2v) is 6.27. The molecule has 0 aliphatic heterocycles. The van der Waals surface area contributed by atoms with Crippen LogP contribution in [-0.4, -0.2) is 36.2 Å². The predicted octanol–water partition coefficient (Wildman–Crippen LogP) is 3.59. The van der Waals surface area contributed by atoms with Crippen LogP contribution < -0.4 is 15.8 Å². The van der Waals surface area contributed by atoms with E-state index in [0.29, 0.717) is 17.8 Å². The van der Waals surface area contributed by atoms with Gasteiger partial charge >= 0.3 is 0 Å². The maximum absolute atomic E-state index is 5.93. The fraction of sp³-hybridized carbons (Fsp3) is 0.647. The molecule has 0 aromatic heterocycles. The van der Waals surface area contributed by atoms with Crippen molar-refractivity contribution >= 4 is 11.4 Å². The van der Waals surface area contributed by atoms with Gasteiger partial charge in [-0.15, -0.1) is 0 Å². The first-order valence-corrected chi connectivity index (χ1v) is 7.87. The third-order valence-electron chi connectivity index (χ3n) is 3.40. The quantitative estimate of drug-likeness (QED) is 0.719. The van der Waals surface area contributed by atoms with E-state index in [0.717, 1.165) is 24.5 Å². The van der Waals surface area contributed by atoms with Gasteiger partial charge in [-0.05, 0) is 53.7 Å². The summed E-state index contributed by atoms with van der Waals surface area (Å²) in [5, 5.41) is 3.45.